The van der Waals surface area contributed by atoms with Crippen LogP contribution in [0.5, 0.6) is 23.0 Å². The molecule has 0 aliphatic rings. The van der Waals surface area contributed by atoms with Crippen LogP contribution in [0.1, 0.15) is 54.1 Å². The predicted molar refractivity (Wildman–Crippen MR) is 319 cm³/mol. The quantitative estimate of drug-likeness (QED) is 0.0183. The van der Waals surface area contributed by atoms with E-state index in [0.29, 0.717) is 39.2 Å². The molecule has 101 heavy (non-hydrogen) atoms. The first kappa shape index (κ1) is 89.0. The number of hydrogen-bond acceptors (Lipinski definition) is 14. The number of alkyl halides is 18. The van der Waals surface area contributed by atoms with Crippen LogP contribution >= 0.6 is 0 Å². The number of nitrogens with zero attached hydrogens (tertiary/aromatic N) is 2. The summed E-state index contributed by atoms with van der Waals surface area (Å²) in [5.41, 5.74) is 2.21. The van der Waals surface area contributed by atoms with E-state index in [2.05, 4.69) is 45.7 Å². The second-order valence-electron chi connectivity index (χ2n) is 22.7. The molecule has 0 radical (unpaired) electrons. The molecular weight excluding hydrogens is 1500 g/mol. The first-order chi connectivity index (χ1) is 44.9. The third kappa shape index (κ3) is 18.6. The van der Waals surface area contributed by atoms with Gasteiger partial charge in [-0.3, -0.25) is 33.5 Å². The van der Waals surface area contributed by atoms with Crippen molar-refractivity contribution in [3.63, 3.8) is 0 Å². The third-order valence-corrected chi connectivity index (χ3v) is 16.2. The van der Waals surface area contributed by atoms with E-state index in [0.717, 1.165) is 51.4 Å². The number of phenolic OH excluding ortho intramolecular Hbond substituents is 1. The maximum absolute atomic E-state index is 14.4. The molecule has 0 aliphatic carbocycles. The van der Waals surface area contributed by atoms with Crippen molar-refractivity contribution in [1.29, 1.82) is 0 Å². The minimum absolute atomic E-state index is 0. The molecule has 2 aromatic heterocycles. The number of benzene rings is 6. The number of aromatic amines is 2. The van der Waals surface area contributed by atoms with Gasteiger partial charge in [-0.1, -0.05) is 81.8 Å². The molecule has 0 amide bonds. The largest absolute Gasteiger partial charge is 1.00 e. The minimum atomic E-state index is -7.67. The van der Waals surface area contributed by atoms with Crippen LogP contribution in [0.2, 0.25) is 0 Å². The molecule has 0 aliphatic heterocycles. The summed E-state index contributed by atoms with van der Waals surface area (Å²) in [5.74, 6) is -26.6. The first-order valence-electron chi connectivity index (χ1n) is 26.9. The van der Waals surface area contributed by atoms with Crippen LogP contribution in [-0.4, -0.2) is 110 Å². The molecule has 0 bridgehead atoms. The van der Waals surface area contributed by atoms with Gasteiger partial charge >= 0.3 is 171 Å². The van der Waals surface area contributed by atoms with Crippen LogP contribution in [0.25, 0.3) is 55.2 Å². The van der Waals surface area contributed by atoms with Crippen molar-refractivity contribution in [2.45, 2.75) is 98.9 Å². The minimum Gasteiger partial charge on any atom is -1.00 e. The molecule has 0 fully saturated rings. The number of carbonyl (C=O) groups excluding carboxylic acids is 1. The van der Waals surface area contributed by atoms with Crippen LogP contribution < -0.4 is 144 Å². The fraction of sp³-hybridized carbons (Fsp3) is 0.300. The number of halogens is 19. The molecule has 8 aromatic rings. The Balaban J connectivity index is 0.000000552. The predicted octanol–water partition coefficient (Wildman–Crippen LogP) is 6.71. The van der Waals surface area contributed by atoms with E-state index in [-0.39, 0.29) is 127 Å². The number of nitrogens with one attached hydrogen (secondary N) is 2. The zero-order valence-corrected chi connectivity index (χ0v) is 61.4. The maximum Gasteiger partial charge on any atom is 1.00 e. The SMILES string of the molecule is C=S(=O)(Oc1ccc2cc(-c3cc(-n4ccc(=O)[nH]c4=O)cc(C(C)(C)C)c3OC)ccc2c1)C(F)(F)C(F)(F)C(F)(F)C(F)(F)F.COc1c(-c2ccc3cc(O)ccc3c2)cc(-n2ccc(=O)[nH]c2=O)cc1C(C)(C)C.O=CO[O-].O=S(=O)(F)C(F)(F)C(F)(F)C(F)(F)C(F)(F)F.[H-].[K+].[K+]. The molecule has 0 spiro atoms. The van der Waals surface area contributed by atoms with Crippen LogP contribution in [0.15, 0.2) is 141 Å². The van der Waals surface area contributed by atoms with Crippen molar-refractivity contribution in [2.75, 3.05) is 14.2 Å². The van der Waals surface area contributed by atoms with Gasteiger partial charge in [0.05, 0.1) is 25.6 Å². The fourth-order valence-corrected chi connectivity index (χ4v) is 10.3. The molecular formula is C60H51F19K2N4O14S2. The number of hydrogen-bond donors (Lipinski definition) is 3. The van der Waals surface area contributed by atoms with Gasteiger partial charge < -0.3 is 30.3 Å². The van der Waals surface area contributed by atoms with E-state index >= 15 is 0 Å². The Labute approximate surface area is 644 Å². The van der Waals surface area contributed by atoms with Gasteiger partial charge in [0.2, 0.25) is 0 Å². The first-order valence-corrected chi connectivity index (χ1v) is 30.0. The Kier molecular flexibility index (Phi) is 28.2. The second-order valence-corrected chi connectivity index (χ2v) is 26.0. The summed E-state index contributed by atoms with van der Waals surface area (Å²) in [6, 6.07) is 28.2. The Morgan fingerprint density at radius 1 is 0.505 bits per heavy atom. The molecule has 0 saturated carbocycles. The summed E-state index contributed by atoms with van der Waals surface area (Å²) in [5, 5.41) is 6.78. The Morgan fingerprint density at radius 3 is 1.17 bits per heavy atom. The number of aromatic hydroxyl groups is 1. The molecule has 18 nitrogen and oxygen atoms in total. The third-order valence-electron chi connectivity index (χ3n) is 13.8. The summed E-state index contributed by atoms with van der Waals surface area (Å²) in [4.78, 5) is 63.9. The zero-order chi connectivity index (χ0) is 75.8. The smallest absolute Gasteiger partial charge is 1.00 e. The van der Waals surface area contributed by atoms with Crippen LogP contribution in [-0.2, 0) is 40.5 Å². The maximum atomic E-state index is 14.4. The molecule has 41 heteroatoms. The van der Waals surface area contributed by atoms with Crippen molar-refractivity contribution >= 4 is 53.9 Å². The van der Waals surface area contributed by atoms with E-state index < -0.39 is 100 Å². The second kappa shape index (κ2) is 32.0. The van der Waals surface area contributed by atoms with Crippen molar-refractivity contribution in [1.82, 2.24) is 19.1 Å². The van der Waals surface area contributed by atoms with Crippen molar-refractivity contribution in [2.24, 2.45) is 0 Å². The van der Waals surface area contributed by atoms with Gasteiger partial charge in [0, 0.05) is 46.8 Å². The van der Waals surface area contributed by atoms with E-state index in [4.69, 9.17) is 19.5 Å². The Bertz CT molecular complexity index is 4850. The van der Waals surface area contributed by atoms with E-state index in [1.807, 2.05) is 57.2 Å². The fourth-order valence-electron chi connectivity index (χ4n) is 8.85. The van der Waals surface area contributed by atoms with Gasteiger partial charge in [-0.2, -0.15) is 87.4 Å². The van der Waals surface area contributed by atoms with Gasteiger partial charge in [0.15, 0.2) is 9.80 Å². The van der Waals surface area contributed by atoms with E-state index in [9.17, 15) is 120 Å². The number of rotatable bonds is 15. The summed E-state index contributed by atoms with van der Waals surface area (Å²) >= 11 is 0. The Hall–Kier alpha value is -6.26. The van der Waals surface area contributed by atoms with E-state index in [1.54, 1.807) is 37.4 Å². The molecule has 2 heterocycles. The molecule has 6 aromatic carbocycles. The summed E-state index contributed by atoms with van der Waals surface area (Å²) in [6.45, 7) is 11.7. The van der Waals surface area contributed by atoms with Gasteiger partial charge in [-0.25, -0.2) is 13.8 Å². The molecule has 1 atom stereocenters. The number of fused-ring (bicyclic) bond motifs is 2. The number of aromatic nitrogens is 4. The molecule has 3 N–H and O–H groups in total. The van der Waals surface area contributed by atoms with E-state index in [1.165, 1.54) is 52.9 Å². The normalized spacial score (nSPS) is 13.3. The summed E-state index contributed by atoms with van der Waals surface area (Å²) in [7, 11) is -10.7. The molecule has 542 valence electrons. The topological polar surface area (TPSA) is 258 Å². The summed E-state index contributed by atoms with van der Waals surface area (Å²) in [6.07, 6.45) is -11.5. The van der Waals surface area contributed by atoms with Gasteiger partial charge in [0.1, 0.15) is 23.0 Å². The Morgan fingerprint density at radius 2 is 0.842 bits per heavy atom. The number of methoxy groups -OCH3 is 2. The van der Waals surface area contributed by atoms with Crippen molar-refractivity contribution in [3.8, 4) is 56.6 Å². The average Bonchev–Trinajstić information content (AvgIpc) is 0.735. The zero-order valence-electron chi connectivity index (χ0n) is 54.5. The van der Waals surface area contributed by atoms with Crippen LogP contribution in [0.4, 0.5) is 82.9 Å². The monoisotopic (exact) mass is 1550 g/mol. The number of ether oxygens (including phenoxy) is 2. The van der Waals surface area contributed by atoms with Crippen molar-refractivity contribution < 1.29 is 233 Å². The molecule has 8 rings (SSSR count). The standard InChI is InChI=1S/C30H25F9N2O5S.C25H24N2O4.C4F10O2S.CH2O3.2K.H/c1-26(2,3)22-15-19(41-11-10-23(42)40-25(41)43)14-21(24(22)45-4)18-7-6-17-13-20(9-8-16(17)12-18)46-47(5,44)30(38,39)28(33,34)27(31,32)29(35,36)37;1-25(2,3)21-14-18(27-10-9-22(29)26-24(27)30)13-20(23(21)31-4)17-6-5-16-12-19(28)8-7-15(16)11-17;5-1(6,3(9,10)11)2(7,8)4(12,13)17(14,15)16;2-1-4-3;;;/h6-15H,5H2,1-4H3,(H,40,42,43);5-14,28H,1-4H3,(H,26,29,30);;1,3H;;;/q;;;;2*+1;-1/p-1. The van der Waals surface area contributed by atoms with Crippen LogP contribution in [0, 0.1) is 0 Å². The van der Waals surface area contributed by atoms with Gasteiger partial charge in [-0.05, 0) is 110 Å². The van der Waals surface area contributed by atoms with Gasteiger partial charge in [0.25, 0.3) is 17.6 Å². The number of phenols is 1. The average molecular weight is 1560 g/mol. The number of H-pyrrole nitrogens is 2. The van der Waals surface area contributed by atoms with Gasteiger partial charge in [-0.15, -0.1) is 0 Å². The van der Waals surface area contributed by atoms with Crippen molar-refractivity contribution in [3.05, 3.63) is 174 Å². The number of carbonyl (C=O) groups is 1. The van der Waals surface area contributed by atoms with Crippen LogP contribution in [0.3, 0.4) is 0 Å². The summed E-state index contributed by atoms with van der Waals surface area (Å²) < 4.78 is 289. The molecule has 0 saturated heterocycles. The molecule has 1 unspecified atom stereocenters.